The highest BCUT2D eigenvalue weighted by Crippen LogP contribution is 2.53. The molecule has 0 radical (unpaired) electrons. The summed E-state index contributed by atoms with van der Waals surface area (Å²) in [5.74, 6) is -0.459. The van der Waals surface area contributed by atoms with Gasteiger partial charge in [-0.25, -0.2) is 4.79 Å². The Balaban J connectivity index is 1.74. The molecule has 41 heavy (non-hydrogen) atoms. The molecule has 6 heteroatoms. The number of nitrogens with zero attached hydrogens (tertiary/aromatic N) is 1. The van der Waals surface area contributed by atoms with E-state index in [9.17, 15) is 9.59 Å². The predicted octanol–water partition coefficient (Wildman–Crippen LogP) is 8.13. The van der Waals surface area contributed by atoms with Gasteiger partial charge in [-0.15, -0.1) is 0 Å². The highest BCUT2D eigenvalue weighted by molar-refractivity contribution is 5.99. The van der Waals surface area contributed by atoms with Crippen molar-refractivity contribution in [2.45, 2.75) is 78.4 Å². The monoisotopic (exact) mass is 552 g/mol. The first-order chi connectivity index (χ1) is 19.9. The number of unbranched alkanes of at least 4 members (excludes halogenated alkanes) is 5. The van der Waals surface area contributed by atoms with Crippen LogP contribution in [0.25, 0.3) is 10.9 Å². The number of esters is 2. The van der Waals surface area contributed by atoms with Crippen LogP contribution in [0.3, 0.4) is 0 Å². The number of hydrogen-bond donors (Lipinski definition) is 1. The van der Waals surface area contributed by atoms with Crippen LogP contribution in [0, 0.1) is 6.92 Å². The van der Waals surface area contributed by atoms with Gasteiger partial charge in [0, 0.05) is 65.1 Å². The molecular weight excluding hydrogens is 512 g/mol. The molecule has 2 heterocycles. The minimum Gasteiger partial charge on any atom is -0.440 e. The van der Waals surface area contributed by atoms with Gasteiger partial charge in [0.1, 0.15) is 5.75 Å². The number of rotatable bonds is 12. The maximum absolute atomic E-state index is 13.5. The summed E-state index contributed by atoms with van der Waals surface area (Å²) < 4.78 is 14.7. The molecule has 1 aromatic heterocycles. The fourth-order valence-corrected chi connectivity index (χ4v) is 6.32. The summed E-state index contributed by atoms with van der Waals surface area (Å²) in [5, 5.41) is 4.32. The number of hydrogen-bond acceptors (Lipinski definition) is 5. The molecule has 1 unspecified atom stereocenters. The van der Waals surface area contributed by atoms with E-state index in [4.69, 9.17) is 9.47 Å². The predicted molar refractivity (Wildman–Crippen MR) is 164 cm³/mol. The molecule has 0 bridgehead atoms. The molecule has 0 spiro atoms. The number of aromatic nitrogens is 1. The summed E-state index contributed by atoms with van der Waals surface area (Å²) in [5.41, 5.74) is 4.46. The molecule has 4 aromatic rings. The first-order valence-corrected chi connectivity index (χ1v) is 14.9. The zero-order valence-electron chi connectivity index (χ0n) is 24.6. The van der Waals surface area contributed by atoms with Gasteiger partial charge < -0.3 is 19.4 Å². The van der Waals surface area contributed by atoms with Crippen molar-refractivity contribution in [1.29, 1.82) is 0 Å². The number of fused-ring (bicyclic) bond motifs is 2. The average molecular weight is 553 g/mol. The number of carbonyl (C=O) groups excluding carboxylic acids is 2. The van der Waals surface area contributed by atoms with Gasteiger partial charge in [0.2, 0.25) is 0 Å². The van der Waals surface area contributed by atoms with E-state index in [0.29, 0.717) is 23.4 Å². The van der Waals surface area contributed by atoms with Crippen molar-refractivity contribution in [2.75, 3.05) is 11.9 Å². The Morgan fingerprint density at radius 1 is 0.927 bits per heavy atom. The largest absolute Gasteiger partial charge is 0.440 e. The van der Waals surface area contributed by atoms with E-state index in [-0.39, 0.29) is 0 Å². The number of benzene rings is 3. The number of anilines is 1. The molecule has 1 N–H and O–H groups in total. The first-order valence-electron chi connectivity index (χ1n) is 14.9. The number of aryl methyl sites for hydroxylation is 1. The molecule has 1 atom stereocenters. The van der Waals surface area contributed by atoms with E-state index < -0.39 is 17.5 Å². The third-order valence-electron chi connectivity index (χ3n) is 8.09. The molecule has 5 rings (SSSR count). The molecule has 0 aliphatic carbocycles. The smallest absolute Gasteiger partial charge is 0.340 e. The molecule has 0 saturated heterocycles. The van der Waals surface area contributed by atoms with Crippen LogP contribution in [-0.4, -0.2) is 23.1 Å². The lowest BCUT2D eigenvalue weighted by atomic mass is 9.78. The van der Waals surface area contributed by atoms with E-state index in [0.717, 1.165) is 46.4 Å². The van der Waals surface area contributed by atoms with Crippen LogP contribution in [0.2, 0.25) is 0 Å². The molecule has 3 aromatic carbocycles. The molecular formula is C35H40N2O4. The second-order valence-corrected chi connectivity index (χ2v) is 10.8. The van der Waals surface area contributed by atoms with Crippen molar-refractivity contribution in [2.24, 2.45) is 0 Å². The van der Waals surface area contributed by atoms with Gasteiger partial charge in [0.15, 0.2) is 5.60 Å². The lowest BCUT2D eigenvalue weighted by Crippen LogP contribution is -2.31. The molecule has 1 aliphatic heterocycles. The van der Waals surface area contributed by atoms with E-state index in [1.165, 1.54) is 39.0 Å². The average Bonchev–Trinajstić information content (AvgIpc) is 3.41. The van der Waals surface area contributed by atoms with Crippen LogP contribution in [0.5, 0.6) is 5.75 Å². The highest BCUT2D eigenvalue weighted by Gasteiger charge is 2.52. The van der Waals surface area contributed by atoms with Gasteiger partial charge in [-0.2, -0.15) is 0 Å². The Bertz CT molecular complexity index is 1570. The number of carbonyl (C=O) groups is 2. The molecule has 0 fully saturated rings. The number of cyclic esters (lactones) is 1. The van der Waals surface area contributed by atoms with Gasteiger partial charge >= 0.3 is 11.9 Å². The topological polar surface area (TPSA) is 69.6 Å². The Morgan fingerprint density at radius 2 is 1.66 bits per heavy atom. The van der Waals surface area contributed by atoms with Crippen LogP contribution >= 0.6 is 0 Å². The van der Waals surface area contributed by atoms with Gasteiger partial charge in [-0.05, 0) is 44.5 Å². The number of nitrogens with one attached hydrogen (secondary N) is 1. The maximum atomic E-state index is 13.5. The lowest BCUT2D eigenvalue weighted by molar-refractivity contribution is -0.132. The standard InChI is InChI=1S/C35H40N2O4/c1-5-7-8-9-10-15-22-37-24(3)33(28-17-12-14-19-31(28)37)35(29-18-13-11-16-27(29)34(39)41-35)30-21-20-26(36-6-2)23-32(30)40-25(4)38/h11-14,16-21,23,36H,5-10,15,22H2,1-4H3. The quantitative estimate of drug-likeness (QED) is 0.109. The maximum Gasteiger partial charge on any atom is 0.340 e. The van der Waals surface area contributed by atoms with Crippen molar-refractivity contribution >= 4 is 28.5 Å². The van der Waals surface area contributed by atoms with Crippen molar-refractivity contribution < 1.29 is 19.1 Å². The highest BCUT2D eigenvalue weighted by atomic mass is 16.6. The van der Waals surface area contributed by atoms with E-state index >= 15 is 0 Å². The summed E-state index contributed by atoms with van der Waals surface area (Å²) in [7, 11) is 0. The van der Waals surface area contributed by atoms with Crippen LogP contribution in [-0.2, 0) is 21.7 Å². The van der Waals surface area contributed by atoms with Gasteiger partial charge in [-0.1, -0.05) is 75.4 Å². The van der Waals surface area contributed by atoms with E-state index in [1.807, 2.05) is 55.5 Å². The second-order valence-electron chi connectivity index (χ2n) is 10.8. The molecule has 0 amide bonds. The SMILES string of the molecule is CCCCCCCCn1c(C)c(C2(c3ccc(NCC)cc3OC(C)=O)OC(=O)c3ccccc32)c2ccccc21. The Hall–Kier alpha value is -4.06. The van der Waals surface area contributed by atoms with E-state index in [1.54, 1.807) is 0 Å². The normalized spacial score (nSPS) is 16.0. The zero-order valence-corrected chi connectivity index (χ0v) is 24.6. The Morgan fingerprint density at radius 3 is 2.44 bits per heavy atom. The molecule has 214 valence electrons. The third-order valence-corrected chi connectivity index (χ3v) is 8.09. The molecule has 6 nitrogen and oxygen atoms in total. The Kier molecular flexibility index (Phi) is 8.48. The van der Waals surface area contributed by atoms with E-state index in [2.05, 4.69) is 41.9 Å². The minimum absolute atomic E-state index is 0.368. The van der Waals surface area contributed by atoms with Crippen LogP contribution in [0.4, 0.5) is 5.69 Å². The summed E-state index contributed by atoms with van der Waals surface area (Å²) in [6, 6.07) is 21.6. The van der Waals surface area contributed by atoms with Gasteiger partial charge in [0.05, 0.1) is 5.56 Å². The van der Waals surface area contributed by atoms with Gasteiger partial charge in [-0.3, -0.25) is 4.79 Å². The summed E-state index contributed by atoms with van der Waals surface area (Å²) in [6.07, 6.45) is 7.26. The van der Waals surface area contributed by atoms with Crippen LogP contribution < -0.4 is 10.1 Å². The van der Waals surface area contributed by atoms with Crippen molar-refractivity contribution in [1.82, 2.24) is 4.57 Å². The van der Waals surface area contributed by atoms with Gasteiger partial charge in [0.25, 0.3) is 0 Å². The van der Waals surface area contributed by atoms with Crippen molar-refractivity contribution in [3.05, 3.63) is 94.7 Å². The number of ether oxygens (including phenoxy) is 2. The lowest BCUT2D eigenvalue weighted by Gasteiger charge is -2.32. The van der Waals surface area contributed by atoms with Crippen LogP contribution in [0.15, 0.2) is 66.7 Å². The Labute approximate surface area is 242 Å². The summed E-state index contributed by atoms with van der Waals surface area (Å²) in [6.45, 7) is 9.34. The fourth-order valence-electron chi connectivity index (χ4n) is 6.32. The minimum atomic E-state index is -1.29. The molecule has 1 aliphatic rings. The summed E-state index contributed by atoms with van der Waals surface area (Å²) in [4.78, 5) is 25.9. The third kappa shape index (κ3) is 5.23. The van der Waals surface area contributed by atoms with Crippen molar-refractivity contribution in [3.63, 3.8) is 0 Å². The van der Waals surface area contributed by atoms with Crippen molar-refractivity contribution in [3.8, 4) is 5.75 Å². The fraction of sp³-hybridized carbons (Fsp3) is 0.371. The number of para-hydroxylation sites is 1. The molecule has 0 saturated carbocycles. The zero-order chi connectivity index (χ0) is 29.0. The summed E-state index contributed by atoms with van der Waals surface area (Å²) >= 11 is 0. The van der Waals surface area contributed by atoms with Crippen LogP contribution in [0.1, 0.15) is 92.0 Å². The second kappa shape index (κ2) is 12.2. The first kappa shape index (κ1) is 28.5.